The molecule has 0 saturated carbocycles. The summed E-state index contributed by atoms with van der Waals surface area (Å²) in [4.78, 5) is 14.0. The predicted molar refractivity (Wildman–Crippen MR) is 86.1 cm³/mol. The minimum absolute atomic E-state index is 0.0509. The zero-order valence-electron chi connectivity index (χ0n) is 13.7. The summed E-state index contributed by atoms with van der Waals surface area (Å²) in [5.74, 6) is 1.58. The standard InChI is InChI=1S/C17H26N2O3/c1-4-10-22-15-11-12(6-8-14(15)21-3)17-13(18)7-9-16(20)19(17)5-2/h6,8,11,13,17H,4-5,7,9-10,18H2,1-3H3. The van der Waals surface area contributed by atoms with Gasteiger partial charge in [-0.1, -0.05) is 13.0 Å². The van der Waals surface area contributed by atoms with Crippen LogP contribution in [0.5, 0.6) is 11.5 Å². The third-order valence-electron chi connectivity index (χ3n) is 4.08. The molecule has 2 N–H and O–H groups in total. The smallest absolute Gasteiger partial charge is 0.223 e. The highest BCUT2D eigenvalue weighted by atomic mass is 16.5. The molecule has 1 aliphatic heterocycles. The molecule has 2 atom stereocenters. The molecule has 1 saturated heterocycles. The number of ether oxygens (including phenoxy) is 2. The number of nitrogens with zero attached hydrogens (tertiary/aromatic N) is 1. The van der Waals surface area contributed by atoms with E-state index in [0.717, 1.165) is 18.4 Å². The van der Waals surface area contributed by atoms with E-state index in [0.29, 0.717) is 31.1 Å². The number of likely N-dealkylation sites (N-methyl/N-ethyl adjacent to an activating group) is 1. The Morgan fingerprint density at radius 3 is 2.73 bits per heavy atom. The molecule has 1 fully saturated rings. The van der Waals surface area contributed by atoms with Gasteiger partial charge in [0.1, 0.15) is 0 Å². The van der Waals surface area contributed by atoms with Crippen molar-refractivity contribution in [2.45, 2.75) is 45.2 Å². The van der Waals surface area contributed by atoms with Crippen LogP contribution in [0.4, 0.5) is 0 Å². The second-order valence-corrected chi connectivity index (χ2v) is 5.59. The summed E-state index contributed by atoms with van der Waals surface area (Å²) < 4.78 is 11.1. The monoisotopic (exact) mass is 306 g/mol. The van der Waals surface area contributed by atoms with Gasteiger partial charge in [-0.15, -0.1) is 0 Å². The Bertz CT molecular complexity index is 519. The van der Waals surface area contributed by atoms with Gasteiger partial charge in [0.05, 0.1) is 19.8 Å². The Morgan fingerprint density at radius 2 is 2.09 bits per heavy atom. The van der Waals surface area contributed by atoms with Crippen LogP contribution in [0.3, 0.4) is 0 Å². The molecule has 122 valence electrons. The molecular formula is C17H26N2O3. The van der Waals surface area contributed by atoms with Crippen molar-refractivity contribution < 1.29 is 14.3 Å². The fraction of sp³-hybridized carbons (Fsp3) is 0.588. The zero-order valence-corrected chi connectivity index (χ0v) is 13.7. The second-order valence-electron chi connectivity index (χ2n) is 5.59. The SMILES string of the molecule is CCCOc1cc(C2C(N)CCC(=O)N2CC)ccc1OC. The average Bonchev–Trinajstić information content (AvgIpc) is 2.54. The van der Waals surface area contributed by atoms with Crippen LogP contribution in [0.2, 0.25) is 0 Å². The first kappa shape index (κ1) is 16.6. The average molecular weight is 306 g/mol. The maximum absolute atomic E-state index is 12.1. The lowest BCUT2D eigenvalue weighted by Crippen LogP contribution is -2.48. The van der Waals surface area contributed by atoms with E-state index >= 15 is 0 Å². The van der Waals surface area contributed by atoms with Gasteiger partial charge in [0.15, 0.2) is 11.5 Å². The lowest BCUT2D eigenvalue weighted by molar-refractivity contribution is -0.137. The summed E-state index contributed by atoms with van der Waals surface area (Å²) in [6, 6.07) is 5.68. The van der Waals surface area contributed by atoms with Crippen LogP contribution in [0.25, 0.3) is 0 Å². The Labute approximate surface area is 132 Å². The van der Waals surface area contributed by atoms with Gasteiger partial charge in [-0.05, 0) is 37.5 Å². The Balaban J connectivity index is 2.34. The van der Waals surface area contributed by atoms with Crippen molar-refractivity contribution in [3.8, 4) is 11.5 Å². The van der Waals surface area contributed by atoms with E-state index < -0.39 is 0 Å². The molecule has 1 amide bonds. The molecular weight excluding hydrogens is 280 g/mol. The van der Waals surface area contributed by atoms with Gasteiger partial charge < -0.3 is 20.1 Å². The van der Waals surface area contributed by atoms with E-state index in [9.17, 15) is 4.79 Å². The van der Waals surface area contributed by atoms with Crippen LogP contribution in [0.1, 0.15) is 44.7 Å². The third kappa shape index (κ3) is 3.35. The van der Waals surface area contributed by atoms with Crippen molar-refractivity contribution in [1.29, 1.82) is 0 Å². The molecule has 0 radical (unpaired) electrons. The maximum atomic E-state index is 12.1. The number of likely N-dealkylation sites (tertiary alicyclic amines) is 1. The summed E-state index contributed by atoms with van der Waals surface area (Å²) in [6.07, 6.45) is 2.17. The number of piperidine rings is 1. The van der Waals surface area contributed by atoms with Crippen LogP contribution in [0.15, 0.2) is 18.2 Å². The summed E-state index contributed by atoms with van der Waals surface area (Å²) >= 11 is 0. The van der Waals surface area contributed by atoms with E-state index in [2.05, 4.69) is 6.92 Å². The summed E-state index contributed by atoms with van der Waals surface area (Å²) in [6.45, 7) is 5.34. The highest BCUT2D eigenvalue weighted by molar-refractivity contribution is 5.78. The number of benzene rings is 1. The lowest BCUT2D eigenvalue weighted by atomic mass is 9.90. The Morgan fingerprint density at radius 1 is 1.32 bits per heavy atom. The van der Waals surface area contributed by atoms with E-state index in [1.807, 2.05) is 30.0 Å². The number of amides is 1. The molecule has 1 aromatic carbocycles. The number of carbonyl (C=O) groups excluding carboxylic acids is 1. The quantitative estimate of drug-likeness (QED) is 0.877. The van der Waals surface area contributed by atoms with Crippen LogP contribution < -0.4 is 15.2 Å². The molecule has 5 nitrogen and oxygen atoms in total. The molecule has 0 bridgehead atoms. The van der Waals surface area contributed by atoms with E-state index in [1.54, 1.807) is 7.11 Å². The largest absolute Gasteiger partial charge is 0.493 e. The van der Waals surface area contributed by atoms with Gasteiger partial charge >= 0.3 is 0 Å². The van der Waals surface area contributed by atoms with Gasteiger partial charge in [0.25, 0.3) is 0 Å². The number of nitrogens with two attached hydrogens (primary N) is 1. The topological polar surface area (TPSA) is 64.8 Å². The fourth-order valence-electron chi connectivity index (χ4n) is 2.98. The molecule has 0 aliphatic carbocycles. The first-order chi connectivity index (χ1) is 10.6. The molecule has 22 heavy (non-hydrogen) atoms. The van der Waals surface area contributed by atoms with Crippen LogP contribution in [-0.2, 0) is 4.79 Å². The van der Waals surface area contributed by atoms with Crippen molar-refractivity contribution in [2.75, 3.05) is 20.3 Å². The number of carbonyl (C=O) groups is 1. The third-order valence-corrected chi connectivity index (χ3v) is 4.08. The van der Waals surface area contributed by atoms with Crippen molar-refractivity contribution in [3.63, 3.8) is 0 Å². The molecule has 0 spiro atoms. The summed E-state index contributed by atoms with van der Waals surface area (Å²) in [7, 11) is 1.63. The summed E-state index contributed by atoms with van der Waals surface area (Å²) in [5, 5.41) is 0. The molecule has 5 heteroatoms. The molecule has 0 aromatic heterocycles. The Kier molecular flexibility index (Phi) is 5.66. The fourth-order valence-corrected chi connectivity index (χ4v) is 2.98. The van der Waals surface area contributed by atoms with Crippen molar-refractivity contribution in [3.05, 3.63) is 23.8 Å². The van der Waals surface area contributed by atoms with E-state index in [-0.39, 0.29) is 18.0 Å². The van der Waals surface area contributed by atoms with Gasteiger partial charge in [-0.3, -0.25) is 4.79 Å². The van der Waals surface area contributed by atoms with E-state index in [1.165, 1.54) is 0 Å². The molecule has 2 rings (SSSR count). The highest BCUT2D eigenvalue weighted by Crippen LogP contribution is 2.36. The molecule has 2 unspecified atom stereocenters. The van der Waals surface area contributed by atoms with Gasteiger partial charge in [-0.2, -0.15) is 0 Å². The number of hydrogen-bond donors (Lipinski definition) is 1. The number of methoxy groups -OCH3 is 1. The lowest BCUT2D eigenvalue weighted by Gasteiger charge is -2.39. The number of hydrogen-bond acceptors (Lipinski definition) is 4. The summed E-state index contributed by atoms with van der Waals surface area (Å²) in [5.41, 5.74) is 7.30. The van der Waals surface area contributed by atoms with E-state index in [4.69, 9.17) is 15.2 Å². The van der Waals surface area contributed by atoms with Gasteiger partial charge in [-0.25, -0.2) is 0 Å². The first-order valence-corrected chi connectivity index (χ1v) is 7.98. The number of rotatable bonds is 6. The molecule has 1 aromatic rings. The minimum atomic E-state index is -0.0962. The Hall–Kier alpha value is -1.75. The van der Waals surface area contributed by atoms with Crippen molar-refractivity contribution >= 4 is 5.91 Å². The van der Waals surface area contributed by atoms with Crippen molar-refractivity contribution in [1.82, 2.24) is 4.90 Å². The first-order valence-electron chi connectivity index (χ1n) is 7.98. The zero-order chi connectivity index (χ0) is 16.1. The normalized spacial score (nSPS) is 21.8. The highest BCUT2D eigenvalue weighted by Gasteiger charge is 2.34. The van der Waals surface area contributed by atoms with Crippen molar-refractivity contribution in [2.24, 2.45) is 5.73 Å². The molecule has 1 heterocycles. The van der Waals surface area contributed by atoms with Gasteiger partial charge in [0, 0.05) is 19.0 Å². The van der Waals surface area contributed by atoms with Crippen LogP contribution in [-0.4, -0.2) is 37.1 Å². The van der Waals surface area contributed by atoms with Crippen LogP contribution >= 0.6 is 0 Å². The minimum Gasteiger partial charge on any atom is -0.493 e. The predicted octanol–water partition coefficient (Wildman–Crippen LogP) is 2.49. The van der Waals surface area contributed by atoms with Crippen LogP contribution in [0, 0.1) is 0 Å². The van der Waals surface area contributed by atoms with Gasteiger partial charge in [0.2, 0.25) is 5.91 Å². The maximum Gasteiger partial charge on any atom is 0.223 e. The second kappa shape index (κ2) is 7.49. The molecule has 1 aliphatic rings.